The Labute approximate surface area is 216 Å². The number of nitrogen functional groups attached to an aromatic ring is 1. The minimum Gasteiger partial charge on any atom is -0.496 e. The number of nitrogens with zero attached hydrogens (tertiary/aromatic N) is 2. The van der Waals surface area contributed by atoms with Crippen LogP contribution in [-0.2, 0) is 12.6 Å². The van der Waals surface area contributed by atoms with Crippen LogP contribution in [0, 0.1) is 0 Å². The number of carbonyl (C=O) groups excluding carboxylic acids is 1. The van der Waals surface area contributed by atoms with Crippen molar-refractivity contribution in [2.45, 2.75) is 12.6 Å². The maximum atomic E-state index is 13.0. The Morgan fingerprint density at radius 3 is 2.38 bits per heavy atom. The molecule has 0 radical (unpaired) electrons. The van der Waals surface area contributed by atoms with Gasteiger partial charge in [-0.05, 0) is 54.4 Å². The van der Waals surface area contributed by atoms with E-state index in [1.807, 2.05) is 24.3 Å². The fourth-order valence-corrected chi connectivity index (χ4v) is 3.86. The van der Waals surface area contributed by atoms with E-state index < -0.39 is 17.8 Å². The highest BCUT2D eigenvalue weighted by Crippen LogP contribution is 2.35. The second kappa shape index (κ2) is 10.8. The Bertz CT molecular complexity index is 1390. The smallest absolute Gasteiger partial charge is 0.416 e. The van der Waals surface area contributed by atoms with Crippen molar-refractivity contribution in [2.75, 3.05) is 24.7 Å². The van der Waals surface area contributed by atoms with E-state index in [0.717, 1.165) is 23.4 Å². The Kier molecular flexibility index (Phi) is 7.58. The summed E-state index contributed by atoms with van der Waals surface area (Å²) in [4.78, 5) is 12.8. The third-order valence-corrected chi connectivity index (χ3v) is 5.84. The highest BCUT2D eigenvalue weighted by molar-refractivity contribution is 6.30. The van der Waals surface area contributed by atoms with E-state index in [1.165, 1.54) is 16.8 Å². The summed E-state index contributed by atoms with van der Waals surface area (Å²) in [6.07, 6.45) is -3.95. The lowest BCUT2D eigenvalue weighted by Gasteiger charge is -2.11. The number of aromatic nitrogens is 2. The number of ether oxygens (including phenoxy) is 1. The summed E-state index contributed by atoms with van der Waals surface area (Å²) >= 11 is 6.01. The minimum atomic E-state index is -4.47. The fraction of sp³-hybridized carbons (Fsp3) is 0.154. The van der Waals surface area contributed by atoms with Crippen molar-refractivity contribution in [1.82, 2.24) is 15.1 Å². The average molecular weight is 530 g/mol. The van der Waals surface area contributed by atoms with Crippen LogP contribution in [0.3, 0.4) is 0 Å². The Morgan fingerprint density at radius 1 is 1.05 bits per heavy atom. The number of alkyl halides is 3. The van der Waals surface area contributed by atoms with Crippen molar-refractivity contribution in [1.29, 1.82) is 0 Å². The molecule has 7 nitrogen and oxygen atoms in total. The van der Waals surface area contributed by atoms with Gasteiger partial charge in [-0.3, -0.25) is 0 Å². The van der Waals surface area contributed by atoms with Crippen LogP contribution < -0.4 is 21.1 Å². The number of nitrogens with one attached hydrogen (secondary N) is 2. The molecule has 0 unspecified atom stereocenters. The minimum absolute atomic E-state index is 0.0459. The third-order valence-electron chi connectivity index (χ3n) is 5.59. The van der Waals surface area contributed by atoms with Gasteiger partial charge in [0.1, 0.15) is 17.1 Å². The summed E-state index contributed by atoms with van der Waals surface area (Å²) in [7, 11) is 1.58. The molecule has 0 aliphatic carbocycles. The predicted octanol–water partition coefficient (Wildman–Crippen LogP) is 6.17. The van der Waals surface area contributed by atoms with Gasteiger partial charge in [0.15, 0.2) is 5.82 Å². The van der Waals surface area contributed by atoms with Crippen LogP contribution in [0.4, 0.5) is 29.5 Å². The number of amides is 2. The number of carbonyl (C=O) groups is 1. The van der Waals surface area contributed by atoms with Gasteiger partial charge in [0.2, 0.25) is 0 Å². The normalized spacial score (nSPS) is 11.3. The van der Waals surface area contributed by atoms with Crippen LogP contribution in [0.1, 0.15) is 11.1 Å². The zero-order valence-electron chi connectivity index (χ0n) is 19.6. The van der Waals surface area contributed by atoms with Crippen molar-refractivity contribution < 1.29 is 22.7 Å². The monoisotopic (exact) mass is 529 g/mol. The van der Waals surface area contributed by atoms with Gasteiger partial charge in [0.25, 0.3) is 0 Å². The SMILES string of the molecule is COc1ccccc1CCNC(=O)Nc1c(-c2ccc(Cl)cc2)nn(-c2ccc(C(F)(F)F)cc2)c1N. The number of benzene rings is 3. The van der Waals surface area contributed by atoms with E-state index in [-0.39, 0.29) is 11.5 Å². The zero-order valence-corrected chi connectivity index (χ0v) is 20.4. The number of para-hydroxylation sites is 1. The van der Waals surface area contributed by atoms with Gasteiger partial charge < -0.3 is 21.1 Å². The first-order valence-electron chi connectivity index (χ1n) is 11.2. The average Bonchev–Trinajstić information content (AvgIpc) is 3.20. The molecule has 0 fully saturated rings. The molecule has 37 heavy (non-hydrogen) atoms. The van der Waals surface area contributed by atoms with Gasteiger partial charge in [0.05, 0.1) is 18.4 Å². The van der Waals surface area contributed by atoms with Crippen molar-refractivity contribution >= 4 is 29.1 Å². The topological polar surface area (TPSA) is 94.2 Å². The predicted molar refractivity (Wildman–Crippen MR) is 137 cm³/mol. The van der Waals surface area contributed by atoms with E-state index in [2.05, 4.69) is 15.7 Å². The number of urea groups is 1. The maximum absolute atomic E-state index is 13.0. The molecular formula is C26H23ClF3N5O2. The van der Waals surface area contributed by atoms with E-state index in [1.54, 1.807) is 31.4 Å². The van der Waals surface area contributed by atoms with Gasteiger partial charge in [-0.2, -0.15) is 18.3 Å². The number of halogens is 4. The van der Waals surface area contributed by atoms with Crippen molar-refractivity contribution in [3.05, 3.63) is 88.9 Å². The molecule has 1 heterocycles. The van der Waals surface area contributed by atoms with Gasteiger partial charge >= 0.3 is 12.2 Å². The van der Waals surface area contributed by atoms with Crippen molar-refractivity contribution in [3.8, 4) is 22.7 Å². The van der Waals surface area contributed by atoms with Crippen LogP contribution in [-0.4, -0.2) is 29.5 Å². The highest BCUT2D eigenvalue weighted by Gasteiger charge is 2.30. The standard InChI is InChI=1S/C26H23ClF3N5O2/c1-37-21-5-3-2-4-16(21)14-15-32-25(36)33-23-22(17-6-10-19(27)11-7-17)34-35(24(23)31)20-12-8-18(9-13-20)26(28,29)30/h2-13H,14-15,31H2,1H3,(H2,32,33,36). The zero-order chi connectivity index (χ0) is 26.6. The second-order valence-electron chi connectivity index (χ2n) is 8.01. The van der Waals surface area contributed by atoms with Gasteiger partial charge in [-0.1, -0.05) is 41.9 Å². The van der Waals surface area contributed by atoms with Gasteiger partial charge in [-0.15, -0.1) is 0 Å². The molecule has 0 spiro atoms. The Morgan fingerprint density at radius 2 is 1.73 bits per heavy atom. The van der Waals surface area contributed by atoms with Crippen LogP contribution in [0.2, 0.25) is 5.02 Å². The molecule has 3 aromatic carbocycles. The van der Waals surface area contributed by atoms with Gasteiger partial charge in [-0.25, -0.2) is 9.48 Å². The molecule has 192 valence electrons. The summed E-state index contributed by atoms with van der Waals surface area (Å²) in [6.45, 7) is 0.315. The summed E-state index contributed by atoms with van der Waals surface area (Å²) in [5.74, 6) is 0.765. The molecule has 4 N–H and O–H groups in total. The molecule has 0 aliphatic rings. The van der Waals surface area contributed by atoms with Crippen LogP contribution in [0.15, 0.2) is 72.8 Å². The van der Waals surface area contributed by atoms with E-state index in [4.69, 9.17) is 22.1 Å². The van der Waals surface area contributed by atoms with Gasteiger partial charge in [0, 0.05) is 17.1 Å². The molecule has 1 aromatic heterocycles. The summed E-state index contributed by atoms with van der Waals surface area (Å²) in [5, 5.41) is 10.5. The quantitative estimate of drug-likeness (QED) is 0.267. The largest absolute Gasteiger partial charge is 0.496 e. The lowest BCUT2D eigenvalue weighted by Crippen LogP contribution is -2.30. The van der Waals surface area contributed by atoms with Crippen LogP contribution in [0.5, 0.6) is 5.75 Å². The third kappa shape index (κ3) is 5.97. The molecule has 4 aromatic rings. The number of rotatable bonds is 7. The maximum Gasteiger partial charge on any atom is 0.416 e. The lowest BCUT2D eigenvalue weighted by atomic mass is 10.1. The molecule has 0 bridgehead atoms. The Balaban J connectivity index is 1.59. The number of hydrogen-bond donors (Lipinski definition) is 3. The van der Waals surface area contributed by atoms with E-state index in [9.17, 15) is 18.0 Å². The first-order chi connectivity index (χ1) is 17.7. The molecule has 0 saturated carbocycles. The first-order valence-corrected chi connectivity index (χ1v) is 11.5. The molecule has 11 heteroatoms. The first kappa shape index (κ1) is 25.9. The number of anilines is 2. The molecule has 0 atom stereocenters. The molecule has 0 aliphatic heterocycles. The summed E-state index contributed by atoms with van der Waals surface area (Å²) in [6, 6.07) is 18.1. The Hall–Kier alpha value is -4.18. The molecule has 0 saturated heterocycles. The highest BCUT2D eigenvalue weighted by atomic mass is 35.5. The van der Waals surface area contributed by atoms with Crippen molar-refractivity contribution in [2.24, 2.45) is 0 Å². The van der Waals surface area contributed by atoms with Crippen molar-refractivity contribution in [3.63, 3.8) is 0 Å². The van der Waals surface area contributed by atoms with E-state index >= 15 is 0 Å². The van der Waals surface area contributed by atoms with E-state index in [0.29, 0.717) is 34.9 Å². The van der Waals surface area contributed by atoms with Crippen LogP contribution in [0.25, 0.3) is 16.9 Å². The molecule has 4 rings (SSSR count). The number of hydrogen-bond acceptors (Lipinski definition) is 4. The summed E-state index contributed by atoms with van der Waals surface area (Å²) in [5.41, 5.74) is 7.89. The summed E-state index contributed by atoms with van der Waals surface area (Å²) < 4.78 is 45.6. The fourth-order valence-electron chi connectivity index (χ4n) is 3.73. The number of nitrogens with two attached hydrogens (primary N) is 1. The number of methoxy groups -OCH3 is 1. The lowest BCUT2D eigenvalue weighted by molar-refractivity contribution is -0.137. The molecular weight excluding hydrogens is 507 g/mol. The van der Waals surface area contributed by atoms with Crippen LogP contribution >= 0.6 is 11.6 Å². The second-order valence-corrected chi connectivity index (χ2v) is 8.45. The molecule has 2 amide bonds.